The van der Waals surface area contributed by atoms with Gasteiger partial charge in [0.2, 0.25) is 5.09 Å². The van der Waals surface area contributed by atoms with Crippen molar-refractivity contribution < 1.29 is 18.5 Å². The van der Waals surface area contributed by atoms with Gasteiger partial charge in [-0.15, -0.1) is 4.36 Å². The fraction of sp³-hybridized carbons (Fsp3) is 0.476. The van der Waals surface area contributed by atoms with Gasteiger partial charge < -0.3 is 14.8 Å². The van der Waals surface area contributed by atoms with Crippen LogP contribution in [0, 0.1) is 6.92 Å². The predicted molar refractivity (Wildman–Crippen MR) is 111 cm³/mol. The molecule has 8 heteroatoms. The van der Waals surface area contributed by atoms with Gasteiger partial charge in [0, 0.05) is 17.3 Å². The largest absolute Gasteiger partial charge is 0.450 e. The van der Waals surface area contributed by atoms with E-state index in [4.69, 9.17) is 9.56 Å². The molecule has 1 aromatic carbocycles. The molecule has 2 aromatic rings. The molecular formula is C21H27N3O4S. The van der Waals surface area contributed by atoms with Crippen molar-refractivity contribution in [2.45, 2.75) is 70.0 Å². The quantitative estimate of drug-likeness (QED) is 0.705. The molecule has 1 atom stereocenters. The third-order valence-corrected chi connectivity index (χ3v) is 6.98. The van der Waals surface area contributed by atoms with E-state index in [1.807, 2.05) is 0 Å². The molecule has 0 bridgehead atoms. The Morgan fingerprint density at radius 1 is 1.17 bits per heavy atom. The highest BCUT2D eigenvalue weighted by atomic mass is 32.2. The number of fused-ring (bicyclic) bond motifs is 2. The fourth-order valence-electron chi connectivity index (χ4n) is 4.47. The van der Waals surface area contributed by atoms with Crippen LogP contribution in [0.1, 0.15) is 60.3 Å². The van der Waals surface area contributed by atoms with Gasteiger partial charge in [0.15, 0.2) is 9.92 Å². The Kier molecular flexibility index (Phi) is 4.83. The molecule has 0 radical (unpaired) electrons. The highest BCUT2D eigenvalue weighted by Gasteiger charge is 2.27. The van der Waals surface area contributed by atoms with Crippen molar-refractivity contribution in [3.8, 4) is 0 Å². The molecule has 0 aliphatic heterocycles. The second-order valence-electron chi connectivity index (χ2n) is 8.42. The summed E-state index contributed by atoms with van der Waals surface area (Å²) in [6.45, 7) is 4.82. The number of carbonyl (C=O) groups excluding carboxylic acids is 1. The van der Waals surface area contributed by atoms with Crippen LogP contribution >= 0.6 is 0 Å². The van der Waals surface area contributed by atoms with Crippen molar-refractivity contribution in [2.24, 2.45) is 9.50 Å². The molecule has 2 amide bonds. The number of amides is 2. The molecule has 1 aromatic heterocycles. The average molecular weight is 418 g/mol. The van der Waals surface area contributed by atoms with E-state index in [0.717, 1.165) is 55.3 Å². The number of carbonyl (C=O) groups is 1. The zero-order valence-electron chi connectivity index (χ0n) is 17.0. The second kappa shape index (κ2) is 6.97. The van der Waals surface area contributed by atoms with Crippen LogP contribution < -0.4 is 10.5 Å². The van der Waals surface area contributed by atoms with Crippen molar-refractivity contribution in [3.05, 3.63) is 45.7 Å². The number of nitrogens with zero attached hydrogens (tertiary/aromatic N) is 1. The van der Waals surface area contributed by atoms with Gasteiger partial charge >= 0.3 is 6.03 Å². The highest BCUT2D eigenvalue weighted by Crippen LogP contribution is 2.38. The predicted octanol–water partition coefficient (Wildman–Crippen LogP) is 3.73. The Morgan fingerprint density at radius 3 is 2.28 bits per heavy atom. The smallest absolute Gasteiger partial charge is 0.354 e. The normalized spacial score (nSPS) is 17.6. The number of hydrogen-bond donors (Lipinski definition) is 3. The lowest BCUT2D eigenvalue weighted by atomic mass is 9.99. The standard InChI is InChI=1S/C21H27N3O4S/c1-12-17(21(2,3)26)11-18(28-12)29(22,27)24-20(25)23-19-15-8-4-6-13(15)10-14-7-5-9-16(14)19/h10-11,26H,4-9H2,1-3H3,(H3,22,23,24,25,27)/t29-/m1/s1. The van der Waals surface area contributed by atoms with E-state index < -0.39 is 21.5 Å². The molecule has 7 nitrogen and oxygen atoms in total. The van der Waals surface area contributed by atoms with E-state index in [0.29, 0.717) is 11.3 Å². The van der Waals surface area contributed by atoms with Crippen LogP contribution in [0.15, 0.2) is 26.0 Å². The summed E-state index contributed by atoms with van der Waals surface area (Å²) in [6, 6.07) is 2.94. The molecule has 4 N–H and O–H groups in total. The lowest BCUT2D eigenvalue weighted by molar-refractivity contribution is 0.0769. The SMILES string of the molecule is Cc1oc([S@](N)(=O)=NC(=O)Nc2c3c(cc4c2CCC4)CCC3)cc1C(C)(C)O. The molecule has 0 saturated carbocycles. The van der Waals surface area contributed by atoms with Gasteiger partial charge in [-0.3, -0.25) is 0 Å². The van der Waals surface area contributed by atoms with Crippen LogP contribution in [0.25, 0.3) is 0 Å². The minimum atomic E-state index is -3.58. The Hall–Kier alpha value is -2.16. The zero-order valence-corrected chi connectivity index (χ0v) is 17.8. The molecule has 0 saturated heterocycles. The van der Waals surface area contributed by atoms with Gasteiger partial charge in [-0.25, -0.2) is 14.1 Å². The van der Waals surface area contributed by atoms with Gasteiger partial charge in [0.25, 0.3) is 0 Å². The number of nitrogens with two attached hydrogens (primary N) is 1. The number of rotatable bonds is 3. The van der Waals surface area contributed by atoms with Gasteiger partial charge in [0.05, 0.1) is 5.60 Å². The summed E-state index contributed by atoms with van der Waals surface area (Å²) in [6.07, 6.45) is 6.00. The summed E-state index contributed by atoms with van der Waals surface area (Å²) >= 11 is 0. The minimum Gasteiger partial charge on any atom is -0.450 e. The Balaban J connectivity index is 1.67. The second-order valence-corrected chi connectivity index (χ2v) is 10.1. The lowest BCUT2D eigenvalue weighted by Crippen LogP contribution is -2.19. The van der Waals surface area contributed by atoms with Gasteiger partial charge in [-0.1, -0.05) is 6.07 Å². The monoisotopic (exact) mass is 417 g/mol. The first kappa shape index (κ1) is 20.1. The van der Waals surface area contributed by atoms with E-state index in [9.17, 15) is 14.1 Å². The van der Waals surface area contributed by atoms with E-state index in [-0.39, 0.29) is 5.09 Å². The topological polar surface area (TPSA) is 118 Å². The number of aryl methyl sites for hydroxylation is 3. The maximum absolute atomic E-state index is 12.9. The molecule has 156 valence electrons. The van der Waals surface area contributed by atoms with Crippen LogP contribution in [-0.4, -0.2) is 15.3 Å². The molecule has 29 heavy (non-hydrogen) atoms. The summed E-state index contributed by atoms with van der Waals surface area (Å²) in [5, 5.41) is 18.8. The van der Waals surface area contributed by atoms with E-state index in [2.05, 4.69) is 15.7 Å². The molecule has 2 aliphatic rings. The summed E-state index contributed by atoms with van der Waals surface area (Å²) in [5.41, 5.74) is 4.99. The molecule has 0 fully saturated rings. The Morgan fingerprint density at radius 2 is 1.76 bits per heavy atom. The summed E-state index contributed by atoms with van der Waals surface area (Å²) < 4.78 is 22.1. The zero-order chi connectivity index (χ0) is 21.0. The van der Waals surface area contributed by atoms with Crippen LogP contribution in [-0.2, 0) is 41.2 Å². The first-order valence-electron chi connectivity index (χ1n) is 9.92. The van der Waals surface area contributed by atoms with Gasteiger partial charge in [-0.05, 0) is 81.5 Å². The molecule has 2 aliphatic carbocycles. The Bertz CT molecular complexity index is 1090. The minimum absolute atomic E-state index is 0.120. The molecule has 4 rings (SSSR count). The molecule has 0 spiro atoms. The summed E-state index contributed by atoms with van der Waals surface area (Å²) in [7, 11) is -3.58. The fourth-order valence-corrected chi connectivity index (χ4v) is 5.38. The number of furan rings is 1. The Labute approximate surface area is 171 Å². The maximum atomic E-state index is 12.9. The number of nitrogens with one attached hydrogen (secondary N) is 1. The van der Waals surface area contributed by atoms with Crippen molar-refractivity contribution in [3.63, 3.8) is 0 Å². The number of aliphatic hydroxyl groups is 1. The number of benzene rings is 1. The lowest BCUT2D eigenvalue weighted by Gasteiger charge is -2.15. The average Bonchev–Trinajstić information content (AvgIpc) is 3.31. The van der Waals surface area contributed by atoms with E-state index >= 15 is 0 Å². The first-order chi connectivity index (χ1) is 13.6. The third-order valence-electron chi connectivity index (χ3n) is 5.77. The van der Waals surface area contributed by atoms with Crippen LogP contribution in [0.3, 0.4) is 0 Å². The van der Waals surface area contributed by atoms with Gasteiger partial charge in [0.1, 0.15) is 5.76 Å². The third kappa shape index (κ3) is 3.72. The number of anilines is 1. The van der Waals surface area contributed by atoms with Crippen LogP contribution in [0.5, 0.6) is 0 Å². The van der Waals surface area contributed by atoms with Crippen molar-refractivity contribution in [1.82, 2.24) is 0 Å². The van der Waals surface area contributed by atoms with E-state index in [1.165, 1.54) is 17.2 Å². The summed E-state index contributed by atoms with van der Waals surface area (Å²) in [4.78, 5) is 12.7. The van der Waals surface area contributed by atoms with E-state index in [1.54, 1.807) is 20.8 Å². The van der Waals surface area contributed by atoms with Crippen LogP contribution in [0.4, 0.5) is 10.5 Å². The summed E-state index contributed by atoms with van der Waals surface area (Å²) in [5.74, 6) is 0.389. The molecular weight excluding hydrogens is 390 g/mol. The maximum Gasteiger partial charge on any atom is 0.354 e. The van der Waals surface area contributed by atoms with Gasteiger partial charge in [-0.2, -0.15) is 0 Å². The number of urea groups is 1. The number of hydrogen-bond acceptors (Lipinski definition) is 4. The van der Waals surface area contributed by atoms with Crippen molar-refractivity contribution in [1.29, 1.82) is 0 Å². The van der Waals surface area contributed by atoms with Crippen LogP contribution in [0.2, 0.25) is 0 Å². The van der Waals surface area contributed by atoms with Crippen molar-refractivity contribution in [2.75, 3.05) is 5.32 Å². The van der Waals surface area contributed by atoms with Crippen molar-refractivity contribution >= 4 is 21.6 Å². The molecule has 0 unspecified atom stereocenters. The molecule has 1 heterocycles. The first-order valence-corrected chi connectivity index (χ1v) is 11.5. The highest BCUT2D eigenvalue weighted by molar-refractivity contribution is 7.91.